The van der Waals surface area contributed by atoms with Gasteiger partial charge in [-0.3, -0.25) is 4.79 Å². The minimum Gasteiger partial charge on any atom is -0.481 e. The predicted molar refractivity (Wildman–Crippen MR) is 98.1 cm³/mol. The molecule has 0 amide bonds. The van der Waals surface area contributed by atoms with Gasteiger partial charge in [-0.05, 0) is 50.5 Å². The largest absolute Gasteiger partial charge is 0.481 e. The normalized spacial score (nSPS) is 27.2. The Morgan fingerprint density at radius 2 is 2.15 bits per heavy atom. The molecule has 4 rings (SSSR count). The van der Waals surface area contributed by atoms with Gasteiger partial charge in [0.25, 0.3) is 0 Å². The third kappa shape index (κ3) is 3.13. The van der Waals surface area contributed by atoms with E-state index in [0.717, 1.165) is 16.8 Å². The van der Waals surface area contributed by atoms with Gasteiger partial charge in [0.05, 0.1) is 24.3 Å². The Bertz CT molecular complexity index is 827. The monoisotopic (exact) mass is 376 g/mol. The summed E-state index contributed by atoms with van der Waals surface area (Å²) in [5.74, 6) is -0.676. The molecule has 138 valence electrons. The van der Waals surface area contributed by atoms with Crippen molar-refractivity contribution in [3.63, 3.8) is 0 Å². The first-order chi connectivity index (χ1) is 12.5. The summed E-state index contributed by atoms with van der Waals surface area (Å²) in [5, 5.41) is 9.64. The van der Waals surface area contributed by atoms with Crippen LogP contribution in [0.4, 0.5) is 4.39 Å². The number of nitrogens with zero attached hydrogens (tertiary/aromatic N) is 2. The molecule has 0 bridgehead atoms. The van der Waals surface area contributed by atoms with Gasteiger partial charge in [0, 0.05) is 22.6 Å². The first-order valence-corrected chi connectivity index (χ1v) is 9.56. The van der Waals surface area contributed by atoms with Crippen molar-refractivity contribution >= 4 is 17.6 Å². The van der Waals surface area contributed by atoms with E-state index in [1.54, 1.807) is 6.33 Å². The molecule has 2 heterocycles. The number of aromatic nitrogens is 2. The van der Waals surface area contributed by atoms with E-state index in [2.05, 4.69) is 9.55 Å². The molecular weight excluding hydrogens is 355 g/mol. The summed E-state index contributed by atoms with van der Waals surface area (Å²) in [5.41, 5.74) is 1.97. The fourth-order valence-corrected chi connectivity index (χ4v) is 4.88. The minimum atomic E-state index is -1.21. The molecule has 1 N–H and O–H groups in total. The van der Waals surface area contributed by atoms with Crippen LogP contribution in [0.2, 0.25) is 5.02 Å². The summed E-state index contributed by atoms with van der Waals surface area (Å²) in [6.07, 6.45) is 7.11. The molecular formula is C20H22ClFN2O2. The average Bonchev–Trinajstić information content (AvgIpc) is 3.17. The molecule has 1 aliphatic heterocycles. The highest BCUT2D eigenvalue weighted by molar-refractivity contribution is 6.32. The maximum Gasteiger partial charge on any atom is 0.303 e. The first kappa shape index (κ1) is 17.5. The number of alkyl halides is 1. The lowest BCUT2D eigenvalue weighted by atomic mass is 9.76. The quantitative estimate of drug-likeness (QED) is 0.774. The molecule has 0 spiro atoms. The van der Waals surface area contributed by atoms with Crippen molar-refractivity contribution in [1.82, 2.24) is 9.55 Å². The molecule has 1 atom stereocenters. The maximum absolute atomic E-state index is 15.3. The number of halogens is 2. The molecule has 26 heavy (non-hydrogen) atoms. The molecule has 4 nitrogen and oxygen atoms in total. The Morgan fingerprint density at radius 1 is 1.38 bits per heavy atom. The van der Waals surface area contributed by atoms with Crippen LogP contribution in [-0.4, -0.2) is 26.3 Å². The van der Waals surface area contributed by atoms with Gasteiger partial charge < -0.3 is 9.67 Å². The zero-order valence-electron chi connectivity index (χ0n) is 14.5. The molecule has 2 aliphatic rings. The van der Waals surface area contributed by atoms with Crippen LogP contribution in [0.15, 0.2) is 30.7 Å². The molecule has 6 heteroatoms. The second-order valence-electron chi connectivity index (χ2n) is 7.63. The number of benzene rings is 1. The molecule has 1 aliphatic carbocycles. The van der Waals surface area contributed by atoms with Gasteiger partial charge in [0.15, 0.2) is 0 Å². The van der Waals surface area contributed by atoms with E-state index < -0.39 is 11.6 Å². The van der Waals surface area contributed by atoms with Crippen LogP contribution in [0.5, 0.6) is 0 Å². The first-order valence-electron chi connectivity index (χ1n) is 9.18. The number of imidazole rings is 1. The van der Waals surface area contributed by atoms with Gasteiger partial charge in [-0.1, -0.05) is 23.7 Å². The van der Waals surface area contributed by atoms with Crippen LogP contribution in [-0.2, 0) is 4.79 Å². The number of hydrogen-bond donors (Lipinski definition) is 1. The molecule has 1 saturated carbocycles. The summed E-state index contributed by atoms with van der Waals surface area (Å²) in [7, 11) is 0. The number of carboxylic acids is 1. The number of fused-ring (bicyclic) bond motifs is 3. The van der Waals surface area contributed by atoms with Crippen LogP contribution in [0, 0.1) is 5.92 Å². The predicted octanol–water partition coefficient (Wildman–Crippen LogP) is 5.26. The van der Waals surface area contributed by atoms with Gasteiger partial charge in [0.2, 0.25) is 0 Å². The SMILES string of the molecule is O=C(O)CC1CCC(F)(CCC2c3c(Cl)cccc3-c3cncn32)CC1. The third-order valence-electron chi connectivity index (χ3n) is 5.99. The highest BCUT2D eigenvalue weighted by atomic mass is 35.5. The number of aliphatic carboxylic acids is 1. The minimum absolute atomic E-state index is 0.0144. The van der Waals surface area contributed by atoms with Crippen molar-refractivity contribution in [2.45, 2.75) is 56.7 Å². The van der Waals surface area contributed by atoms with E-state index in [1.165, 1.54) is 0 Å². The Hall–Kier alpha value is -1.88. The van der Waals surface area contributed by atoms with E-state index in [4.69, 9.17) is 16.7 Å². The zero-order valence-corrected chi connectivity index (χ0v) is 15.3. The molecule has 1 aromatic heterocycles. The van der Waals surface area contributed by atoms with Crippen LogP contribution >= 0.6 is 11.6 Å². The fourth-order valence-electron chi connectivity index (χ4n) is 4.57. The maximum atomic E-state index is 15.3. The van der Waals surface area contributed by atoms with Gasteiger partial charge in [-0.15, -0.1) is 0 Å². The van der Waals surface area contributed by atoms with Crippen LogP contribution < -0.4 is 0 Å². The Kier molecular flexibility index (Phi) is 4.51. The van der Waals surface area contributed by atoms with E-state index in [1.807, 2.05) is 24.4 Å². The summed E-state index contributed by atoms with van der Waals surface area (Å²) in [4.78, 5) is 15.1. The summed E-state index contributed by atoms with van der Waals surface area (Å²) < 4.78 is 17.4. The molecule has 1 unspecified atom stereocenters. The topological polar surface area (TPSA) is 55.1 Å². The summed E-state index contributed by atoms with van der Waals surface area (Å²) in [6, 6.07) is 5.87. The molecule has 0 saturated heterocycles. The second-order valence-corrected chi connectivity index (χ2v) is 8.04. The lowest BCUT2D eigenvalue weighted by molar-refractivity contribution is -0.138. The lowest BCUT2D eigenvalue weighted by Crippen LogP contribution is -2.31. The van der Waals surface area contributed by atoms with Gasteiger partial charge >= 0.3 is 5.97 Å². The Morgan fingerprint density at radius 3 is 2.88 bits per heavy atom. The Labute approximate surface area is 157 Å². The van der Waals surface area contributed by atoms with E-state index in [0.29, 0.717) is 43.5 Å². The van der Waals surface area contributed by atoms with Crippen molar-refractivity contribution in [1.29, 1.82) is 0 Å². The third-order valence-corrected chi connectivity index (χ3v) is 6.32. The van der Waals surface area contributed by atoms with Crippen molar-refractivity contribution in [3.05, 3.63) is 41.3 Å². The highest BCUT2D eigenvalue weighted by Gasteiger charge is 2.38. The number of carbonyl (C=O) groups is 1. The summed E-state index contributed by atoms with van der Waals surface area (Å²) >= 11 is 6.45. The Balaban J connectivity index is 1.47. The smallest absolute Gasteiger partial charge is 0.303 e. The van der Waals surface area contributed by atoms with E-state index in [9.17, 15) is 4.79 Å². The van der Waals surface area contributed by atoms with Gasteiger partial charge in [-0.2, -0.15) is 0 Å². The molecule has 1 fully saturated rings. The van der Waals surface area contributed by atoms with Crippen LogP contribution in [0.1, 0.15) is 56.6 Å². The van der Waals surface area contributed by atoms with Crippen LogP contribution in [0.25, 0.3) is 11.3 Å². The van der Waals surface area contributed by atoms with Gasteiger partial charge in [-0.25, -0.2) is 9.37 Å². The zero-order chi connectivity index (χ0) is 18.3. The average molecular weight is 377 g/mol. The highest BCUT2D eigenvalue weighted by Crippen LogP contribution is 2.47. The standard InChI is InChI=1S/C20H22ClFN2O2/c21-15-3-1-2-14-17-11-23-12-24(17)16(19(14)15)6-9-20(22)7-4-13(5-8-20)10-18(25)26/h1-3,11-13,16H,4-10H2,(H,25,26). The van der Waals surface area contributed by atoms with E-state index in [-0.39, 0.29) is 18.4 Å². The van der Waals surface area contributed by atoms with Crippen molar-refractivity contribution in [2.75, 3.05) is 0 Å². The lowest BCUT2D eigenvalue weighted by Gasteiger charge is -2.34. The molecule has 2 aromatic rings. The number of rotatable bonds is 5. The number of carboxylic acid groups (broad SMARTS) is 1. The molecule has 1 aromatic carbocycles. The van der Waals surface area contributed by atoms with Crippen molar-refractivity contribution < 1.29 is 14.3 Å². The van der Waals surface area contributed by atoms with E-state index >= 15 is 4.39 Å². The van der Waals surface area contributed by atoms with Crippen LogP contribution in [0.3, 0.4) is 0 Å². The second kappa shape index (κ2) is 6.69. The molecule has 0 radical (unpaired) electrons. The number of hydrogen-bond acceptors (Lipinski definition) is 2. The van der Waals surface area contributed by atoms with Crippen molar-refractivity contribution in [3.8, 4) is 11.3 Å². The van der Waals surface area contributed by atoms with Gasteiger partial charge in [0.1, 0.15) is 5.67 Å². The summed E-state index contributed by atoms with van der Waals surface area (Å²) in [6.45, 7) is 0. The fraction of sp³-hybridized carbons (Fsp3) is 0.500. The van der Waals surface area contributed by atoms with Crippen molar-refractivity contribution in [2.24, 2.45) is 5.92 Å².